The summed E-state index contributed by atoms with van der Waals surface area (Å²) in [6.45, 7) is 1.33. The van der Waals surface area contributed by atoms with E-state index in [1.807, 2.05) is 30.3 Å². The first-order valence-electron chi connectivity index (χ1n) is 4.53. The van der Waals surface area contributed by atoms with Gasteiger partial charge in [-0.05, 0) is 12.0 Å². The number of aryl methyl sites for hydroxylation is 1. The van der Waals surface area contributed by atoms with Gasteiger partial charge in [0.05, 0.1) is 0 Å². The van der Waals surface area contributed by atoms with Crippen LogP contribution in [0.25, 0.3) is 0 Å². The summed E-state index contributed by atoms with van der Waals surface area (Å²) in [7, 11) is 0. The number of imide groups is 1. The van der Waals surface area contributed by atoms with Gasteiger partial charge in [0.1, 0.15) is 0 Å². The molecule has 0 radical (unpaired) electrons. The molecule has 74 valence electrons. The third-order valence-corrected chi connectivity index (χ3v) is 1.80. The number of carbonyl (C=O) groups excluding carboxylic acids is 2. The second-order valence-corrected chi connectivity index (χ2v) is 3.09. The first-order chi connectivity index (χ1) is 6.68. The van der Waals surface area contributed by atoms with E-state index >= 15 is 0 Å². The molecule has 1 aromatic rings. The van der Waals surface area contributed by atoms with Gasteiger partial charge in [-0.15, -0.1) is 0 Å². The van der Waals surface area contributed by atoms with E-state index in [-0.39, 0.29) is 11.8 Å². The van der Waals surface area contributed by atoms with Gasteiger partial charge in [-0.25, -0.2) is 0 Å². The Morgan fingerprint density at radius 1 is 1.21 bits per heavy atom. The van der Waals surface area contributed by atoms with Crippen LogP contribution in [0.15, 0.2) is 30.3 Å². The molecule has 0 bridgehead atoms. The summed E-state index contributed by atoms with van der Waals surface area (Å²) in [4.78, 5) is 21.6. The zero-order valence-electron chi connectivity index (χ0n) is 8.12. The highest BCUT2D eigenvalue weighted by molar-refractivity contribution is 5.93. The molecule has 0 aliphatic carbocycles. The molecule has 0 aliphatic rings. The second kappa shape index (κ2) is 5.17. The molecule has 3 heteroatoms. The summed E-state index contributed by atoms with van der Waals surface area (Å²) in [5.74, 6) is -0.524. The number of benzene rings is 1. The summed E-state index contributed by atoms with van der Waals surface area (Å²) >= 11 is 0. The Labute approximate surface area is 83.1 Å². The summed E-state index contributed by atoms with van der Waals surface area (Å²) in [5.41, 5.74) is 1.10. The van der Waals surface area contributed by atoms with Crippen molar-refractivity contribution in [3.8, 4) is 0 Å². The van der Waals surface area contributed by atoms with Gasteiger partial charge in [-0.1, -0.05) is 30.3 Å². The normalized spacial score (nSPS) is 9.50. The highest BCUT2D eigenvalue weighted by Crippen LogP contribution is 2.01. The smallest absolute Gasteiger partial charge is 0.226 e. The van der Waals surface area contributed by atoms with Crippen molar-refractivity contribution in [2.75, 3.05) is 0 Å². The number of hydrogen-bond acceptors (Lipinski definition) is 2. The average molecular weight is 191 g/mol. The highest BCUT2D eigenvalue weighted by Gasteiger charge is 2.02. The highest BCUT2D eigenvalue weighted by atomic mass is 16.2. The minimum absolute atomic E-state index is 0.221. The van der Waals surface area contributed by atoms with Crippen molar-refractivity contribution in [1.29, 1.82) is 0 Å². The maximum Gasteiger partial charge on any atom is 0.226 e. The molecule has 3 nitrogen and oxygen atoms in total. The van der Waals surface area contributed by atoms with Gasteiger partial charge in [-0.2, -0.15) is 0 Å². The molecule has 1 N–H and O–H groups in total. The fraction of sp³-hybridized carbons (Fsp3) is 0.273. The first kappa shape index (κ1) is 10.4. The lowest BCUT2D eigenvalue weighted by Crippen LogP contribution is -2.27. The predicted molar refractivity (Wildman–Crippen MR) is 53.6 cm³/mol. The predicted octanol–water partition coefficient (Wildman–Crippen LogP) is 1.28. The topological polar surface area (TPSA) is 46.2 Å². The van der Waals surface area contributed by atoms with Gasteiger partial charge < -0.3 is 0 Å². The monoisotopic (exact) mass is 191 g/mol. The van der Waals surface area contributed by atoms with Crippen LogP contribution >= 0.6 is 0 Å². The van der Waals surface area contributed by atoms with Gasteiger partial charge in [0.2, 0.25) is 11.8 Å². The molecule has 0 saturated heterocycles. The van der Waals surface area contributed by atoms with Crippen LogP contribution in [0, 0.1) is 0 Å². The third kappa shape index (κ3) is 3.85. The van der Waals surface area contributed by atoms with Gasteiger partial charge in [0.25, 0.3) is 0 Å². The Balaban J connectivity index is 2.34. The van der Waals surface area contributed by atoms with Crippen LogP contribution < -0.4 is 5.32 Å². The molecular formula is C11H13NO2. The van der Waals surface area contributed by atoms with Crippen molar-refractivity contribution in [2.45, 2.75) is 19.8 Å². The zero-order chi connectivity index (χ0) is 10.4. The minimum Gasteiger partial charge on any atom is -0.297 e. The lowest BCUT2D eigenvalue weighted by molar-refractivity contribution is -0.129. The maximum atomic E-state index is 11.1. The Morgan fingerprint density at radius 2 is 1.86 bits per heavy atom. The van der Waals surface area contributed by atoms with Crippen LogP contribution in [0.3, 0.4) is 0 Å². The Morgan fingerprint density at radius 3 is 2.43 bits per heavy atom. The van der Waals surface area contributed by atoms with Crippen molar-refractivity contribution in [3.05, 3.63) is 35.9 Å². The van der Waals surface area contributed by atoms with E-state index < -0.39 is 0 Å². The number of rotatable bonds is 3. The lowest BCUT2D eigenvalue weighted by atomic mass is 10.1. The van der Waals surface area contributed by atoms with E-state index in [1.54, 1.807) is 0 Å². The molecular weight excluding hydrogens is 178 g/mol. The summed E-state index contributed by atoms with van der Waals surface area (Å²) in [5, 5.41) is 2.24. The summed E-state index contributed by atoms with van der Waals surface area (Å²) in [6, 6.07) is 9.71. The van der Waals surface area contributed by atoms with Crippen molar-refractivity contribution >= 4 is 11.8 Å². The summed E-state index contributed by atoms with van der Waals surface area (Å²) in [6.07, 6.45) is 1.02. The second-order valence-electron chi connectivity index (χ2n) is 3.09. The zero-order valence-corrected chi connectivity index (χ0v) is 8.12. The van der Waals surface area contributed by atoms with Crippen LogP contribution in [0.1, 0.15) is 18.9 Å². The number of carbonyl (C=O) groups is 2. The molecule has 0 aliphatic heterocycles. The average Bonchev–Trinajstić information content (AvgIpc) is 2.15. The van der Waals surface area contributed by atoms with E-state index in [4.69, 9.17) is 0 Å². The van der Waals surface area contributed by atoms with Crippen LogP contribution in [-0.4, -0.2) is 11.8 Å². The summed E-state index contributed by atoms with van der Waals surface area (Å²) < 4.78 is 0. The lowest BCUT2D eigenvalue weighted by Gasteiger charge is -2.00. The van der Waals surface area contributed by atoms with Crippen LogP contribution in [0.4, 0.5) is 0 Å². The number of nitrogens with one attached hydrogen (secondary N) is 1. The van der Waals surface area contributed by atoms with E-state index in [0.717, 1.165) is 5.56 Å². The quantitative estimate of drug-likeness (QED) is 0.782. The molecule has 0 saturated carbocycles. The van der Waals surface area contributed by atoms with Crippen molar-refractivity contribution in [2.24, 2.45) is 0 Å². The largest absolute Gasteiger partial charge is 0.297 e. The van der Waals surface area contributed by atoms with E-state index in [2.05, 4.69) is 5.32 Å². The molecule has 1 aromatic carbocycles. The van der Waals surface area contributed by atoms with Gasteiger partial charge in [0.15, 0.2) is 0 Å². The Bertz CT molecular complexity index is 319. The fourth-order valence-corrected chi connectivity index (χ4v) is 1.16. The van der Waals surface area contributed by atoms with Crippen LogP contribution in [0.2, 0.25) is 0 Å². The molecule has 14 heavy (non-hydrogen) atoms. The minimum atomic E-state index is -0.303. The first-order valence-corrected chi connectivity index (χ1v) is 4.53. The van der Waals surface area contributed by atoms with Crippen molar-refractivity contribution < 1.29 is 9.59 Å². The molecule has 0 heterocycles. The Hall–Kier alpha value is -1.64. The van der Waals surface area contributed by atoms with E-state index in [0.29, 0.717) is 12.8 Å². The van der Waals surface area contributed by atoms with Gasteiger partial charge >= 0.3 is 0 Å². The van der Waals surface area contributed by atoms with Gasteiger partial charge in [-0.3, -0.25) is 14.9 Å². The van der Waals surface area contributed by atoms with E-state index in [1.165, 1.54) is 6.92 Å². The van der Waals surface area contributed by atoms with Crippen LogP contribution in [-0.2, 0) is 16.0 Å². The Kier molecular flexibility index (Phi) is 3.85. The number of hydrogen-bond donors (Lipinski definition) is 1. The molecule has 1 rings (SSSR count). The molecule has 0 aromatic heterocycles. The van der Waals surface area contributed by atoms with E-state index in [9.17, 15) is 9.59 Å². The third-order valence-electron chi connectivity index (χ3n) is 1.80. The SMILES string of the molecule is CC(=O)NC(=O)CCc1ccccc1. The van der Waals surface area contributed by atoms with Crippen molar-refractivity contribution in [1.82, 2.24) is 5.32 Å². The molecule has 0 atom stereocenters. The fourth-order valence-electron chi connectivity index (χ4n) is 1.16. The molecule has 0 unspecified atom stereocenters. The molecule has 0 fully saturated rings. The molecule has 0 spiro atoms. The van der Waals surface area contributed by atoms with Crippen LogP contribution in [0.5, 0.6) is 0 Å². The van der Waals surface area contributed by atoms with Crippen molar-refractivity contribution in [3.63, 3.8) is 0 Å². The number of amides is 2. The maximum absolute atomic E-state index is 11.1. The van der Waals surface area contributed by atoms with Gasteiger partial charge in [0, 0.05) is 13.3 Å². The molecule has 2 amide bonds. The standard InChI is InChI=1S/C11H13NO2/c1-9(13)12-11(14)8-7-10-5-3-2-4-6-10/h2-6H,7-8H2,1H3,(H,12,13,14).